The summed E-state index contributed by atoms with van der Waals surface area (Å²) in [4.78, 5) is 7.20. The van der Waals surface area contributed by atoms with E-state index in [9.17, 15) is 0 Å². The van der Waals surface area contributed by atoms with Crippen molar-refractivity contribution in [1.29, 1.82) is 0 Å². The lowest BCUT2D eigenvalue weighted by Crippen LogP contribution is -2.47. The maximum absolute atomic E-state index is 6.03. The molecule has 3 heterocycles. The summed E-state index contributed by atoms with van der Waals surface area (Å²) in [6, 6.07) is 9.26. The molecule has 172 valence electrons. The first-order valence-electron chi connectivity index (χ1n) is 11.9. The number of likely N-dealkylation sites (N-methyl/N-ethyl adjacent to an activating group) is 1. The van der Waals surface area contributed by atoms with Gasteiger partial charge < -0.3 is 24.8 Å². The van der Waals surface area contributed by atoms with Crippen molar-refractivity contribution >= 4 is 5.96 Å². The van der Waals surface area contributed by atoms with Gasteiger partial charge >= 0.3 is 0 Å². The van der Waals surface area contributed by atoms with Crippen molar-refractivity contribution in [2.45, 2.75) is 69.9 Å². The van der Waals surface area contributed by atoms with Crippen LogP contribution in [0.25, 0.3) is 0 Å². The molecular weight excluding hydrogens is 392 g/mol. The van der Waals surface area contributed by atoms with E-state index in [-0.39, 0.29) is 0 Å². The molecule has 3 saturated heterocycles. The summed E-state index contributed by atoms with van der Waals surface area (Å²) in [5.41, 5.74) is 1.15. The Morgan fingerprint density at radius 1 is 1.23 bits per heavy atom. The third-order valence-corrected chi connectivity index (χ3v) is 6.62. The Bertz CT molecular complexity index is 723. The largest absolute Gasteiger partial charge is 0.492 e. The van der Waals surface area contributed by atoms with Crippen LogP contribution in [-0.4, -0.2) is 75.1 Å². The highest BCUT2D eigenvalue weighted by Gasteiger charge is 2.41. The molecule has 0 saturated carbocycles. The molecule has 4 rings (SSSR count). The minimum atomic E-state index is 0.338. The van der Waals surface area contributed by atoms with E-state index in [2.05, 4.69) is 41.6 Å². The van der Waals surface area contributed by atoms with Gasteiger partial charge in [0.25, 0.3) is 0 Å². The molecule has 0 spiro atoms. The van der Waals surface area contributed by atoms with Crippen molar-refractivity contribution < 1.29 is 14.2 Å². The van der Waals surface area contributed by atoms with E-state index in [1.54, 1.807) is 0 Å². The van der Waals surface area contributed by atoms with Gasteiger partial charge in [0.1, 0.15) is 12.4 Å². The van der Waals surface area contributed by atoms with Crippen molar-refractivity contribution in [3.8, 4) is 5.75 Å². The van der Waals surface area contributed by atoms with Crippen LogP contribution in [0.3, 0.4) is 0 Å². The number of hydrogen-bond donors (Lipinski definition) is 2. The Morgan fingerprint density at radius 3 is 2.84 bits per heavy atom. The van der Waals surface area contributed by atoms with Gasteiger partial charge in [-0.3, -0.25) is 4.90 Å². The quantitative estimate of drug-likeness (QED) is 0.464. The topological polar surface area (TPSA) is 67.4 Å². The third-order valence-electron chi connectivity index (χ3n) is 6.62. The van der Waals surface area contributed by atoms with Crippen LogP contribution < -0.4 is 15.4 Å². The van der Waals surface area contributed by atoms with Crippen LogP contribution in [0.1, 0.15) is 44.6 Å². The SMILES string of the molecule is CCNC(=NCc1cccc(OCCN(C)C2CCOCC2)c1)NC1CC2CCC1O2. The second kappa shape index (κ2) is 11.2. The van der Waals surface area contributed by atoms with Gasteiger partial charge in [-0.15, -0.1) is 0 Å². The molecule has 0 aromatic heterocycles. The first kappa shape index (κ1) is 22.4. The predicted molar refractivity (Wildman–Crippen MR) is 123 cm³/mol. The summed E-state index contributed by atoms with van der Waals surface area (Å²) in [5, 5.41) is 6.95. The van der Waals surface area contributed by atoms with Crippen LogP contribution >= 0.6 is 0 Å². The third kappa shape index (κ3) is 6.34. The molecule has 0 amide bonds. The van der Waals surface area contributed by atoms with E-state index in [0.29, 0.717) is 37.4 Å². The van der Waals surface area contributed by atoms with E-state index >= 15 is 0 Å². The number of fused-ring (bicyclic) bond motifs is 2. The molecule has 3 aliphatic heterocycles. The molecule has 7 heteroatoms. The summed E-state index contributed by atoms with van der Waals surface area (Å²) < 4.78 is 17.5. The molecule has 0 radical (unpaired) electrons. The zero-order valence-corrected chi connectivity index (χ0v) is 19.0. The van der Waals surface area contributed by atoms with Crippen molar-refractivity contribution in [3.05, 3.63) is 29.8 Å². The van der Waals surface area contributed by atoms with Crippen molar-refractivity contribution in [1.82, 2.24) is 15.5 Å². The molecule has 7 nitrogen and oxygen atoms in total. The molecule has 2 bridgehead atoms. The summed E-state index contributed by atoms with van der Waals surface area (Å²) in [7, 11) is 2.18. The lowest BCUT2D eigenvalue weighted by molar-refractivity contribution is 0.0392. The van der Waals surface area contributed by atoms with Crippen LogP contribution in [-0.2, 0) is 16.0 Å². The fourth-order valence-corrected chi connectivity index (χ4v) is 4.81. The second-order valence-corrected chi connectivity index (χ2v) is 8.88. The van der Waals surface area contributed by atoms with Gasteiger partial charge in [-0.1, -0.05) is 12.1 Å². The molecule has 2 N–H and O–H groups in total. The molecular formula is C24H38N4O3. The van der Waals surface area contributed by atoms with Crippen LogP contribution in [0.5, 0.6) is 5.75 Å². The van der Waals surface area contributed by atoms with Crippen molar-refractivity contribution in [2.24, 2.45) is 4.99 Å². The van der Waals surface area contributed by atoms with Crippen molar-refractivity contribution in [2.75, 3.05) is 40.0 Å². The lowest BCUT2D eigenvalue weighted by atomic mass is 9.96. The first-order chi connectivity index (χ1) is 15.2. The van der Waals surface area contributed by atoms with Crippen molar-refractivity contribution in [3.63, 3.8) is 0 Å². The molecule has 3 unspecified atom stereocenters. The van der Waals surface area contributed by atoms with E-state index < -0.39 is 0 Å². The van der Waals surface area contributed by atoms with Crippen LogP contribution in [0.4, 0.5) is 0 Å². The fraction of sp³-hybridized carbons (Fsp3) is 0.708. The van der Waals surface area contributed by atoms with Gasteiger partial charge in [-0.25, -0.2) is 4.99 Å². The minimum Gasteiger partial charge on any atom is -0.492 e. The first-order valence-corrected chi connectivity index (χ1v) is 11.9. The van der Waals surface area contributed by atoms with Gasteiger partial charge in [0.2, 0.25) is 0 Å². The number of aliphatic imine (C=N–C) groups is 1. The monoisotopic (exact) mass is 430 g/mol. The number of guanidine groups is 1. The highest BCUT2D eigenvalue weighted by atomic mass is 16.5. The number of ether oxygens (including phenoxy) is 3. The summed E-state index contributed by atoms with van der Waals surface area (Å²) >= 11 is 0. The van der Waals surface area contributed by atoms with Crippen LogP contribution in [0.15, 0.2) is 29.3 Å². The Kier molecular flexibility index (Phi) is 8.05. The van der Waals surface area contributed by atoms with Gasteiger partial charge in [0.15, 0.2) is 5.96 Å². The number of rotatable bonds is 9. The standard InChI is InChI=1S/C24H38N4O3/c1-3-25-24(27-22-16-21-7-8-23(22)31-21)26-17-18-5-4-6-20(15-18)30-14-11-28(2)19-9-12-29-13-10-19/h4-6,15,19,21-23H,3,7-14,16-17H2,1-2H3,(H2,25,26,27). The lowest BCUT2D eigenvalue weighted by Gasteiger charge is -2.31. The normalized spacial score (nSPS) is 26.4. The smallest absolute Gasteiger partial charge is 0.191 e. The maximum atomic E-state index is 6.03. The fourth-order valence-electron chi connectivity index (χ4n) is 4.81. The van der Waals surface area contributed by atoms with Crippen LogP contribution in [0, 0.1) is 0 Å². The Morgan fingerprint density at radius 2 is 2.10 bits per heavy atom. The summed E-state index contributed by atoms with van der Waals surface area (Å²) in [5.74, 6) is 1.78. The number of nitrogens with one attached hydrogen (secondary N) is 2. The van der Waals surface area contributed by atoms with E-state index in [4.69, 9.17) is 19.2 Å². The van der Waals surface area contributed by atoms with Gasteiger partial charge in [-0.2, -0.15) is 0 Å². The van der Waals surface area contributed by atoms with Gasteiger partial charge in [-0.05, 0) is 63.8 Å². The molecule has 1 aromatic rings. The summed E-state index contributed by atoms with van der Waals surface area (Å²) in [6.45, 7) is 6.92. The number of benzene rings is 1. The highest BCUT2D eigenvalue weighted by Crippen LogP contribution is 2.34. The molecule has 1 aromatic carbocycles. The zero-order valence-electron chi connectivity index (χ0n) is 19.0. The van der Waals surface area contributed by atoms with E-state index in [1.165, 1.54) is 6.42 Å². The molecule has 3 aliphatic rings. The summed E-state index contributed by atoms with van der Waals surface area (Å²) in [6.07, 6.45) is 6.44. The van der Waals surface area contributed by atoms with Gasteiger partial charge in [0.05, 0.1) is 24.8 Å². The molecule has 0 aliphatic carbocycles. The Balaban J connectivity index is 1.25. The number of hydrogen-bond acceptors (Lipinski definition) is 5. The average molecular weight is 431 g/mol. The predicted octanol–water partition coefficient (Wildman–Crippen LogP) is 2.55. The Labute approximate surface area is 186 Å². The highest BCUT2D eigenvalue weighted by molar-refractivity contribution is 5.80. The average Bonchev–Trinajstić information content (AvgIpc) is 3.42. The van der Waals surface area contributed by atoms with Gasteiger partial charge in [0, 0.05) is 32.3 Å². The van der Waals surface area contributed by atoms with E-state index in [1.807, 2.05) is 12.1 Å². The zero-order chi connectivity index (χ0) is 21.5. The molecule has 3 fully saturated rings. The molecule has 31 heavy (non-hydrogen) atoms. The second-order valence-electron chi connectivity index (χ2n) is 8.88. The van der Waals surface area contributed by atoms with E-state index in [0.717, 1.165) is 69.3 Å². The maximum Gasteiger partial charge on any atom is 0.191 e. The minimum absolute atomic E-state index is 0.338. The number of nitrogens with zero attached hydrogens (tertiary/aromatic N) is 2. The van der Waals surface area contributed by atoms with Crippen LogP contribution in [0.2, 0.25) is 0 Å². The Hall–Kier alpha value is -1.83. The molecule has 3 atom stereocenters.